The summed E-state index contributed by atoms with van der Waals surface area (Å²) in [5.74, 6) is 0.806. The monoisotopic (exact) mass is 486 g/mol. The van der Waals surface area contributed by atoms with Crippen LogP contribution in [0.4, 0.5) is 8.78 Å². The Bertz CT molecular complexity index is 521. The van der Waals surface area contributed by atoms with E-state index in [4.69, 9.17) is 4.74 Å². The number of aliphatic imine (C=N–C) groups is 1. The third-order valence-electron chi connectivity index (χ3n) is 3.48. The predicted molar refractivity (Wildman–Crippen MR) is 111 cm³/mol. The lowest BCUT2D eigenvalue weighted by Crippen LogP contribution is -2.40. The van der Waals surface area contributed by atoms with Crippen LogP contribution in [0.5, 0.6) is 5.75 Å². The summed E-state index contributed by atoms with van der Waals surface area (Å²) < 4.78 is 33.9. The summed E-state index contributed by atoms with van der Waals surface area (Å²) in [6.07, 6.45) is 0.997. The van der Waals surface area contributed by atoms with Crippen molar-refractivity contribution in [2.24, 2.45) is 4.99 Å². The number of methoxy groups -OCH3 is 1. The highest BCUT2D eigenvalue weighted by molar-refractivity contribution is 14.0. The number of ether oxygens (including phenoxy) is 2. The second kappa shape index (κ2) is 14.9. The number of nitrogens with one attached hydrogen (secondary N) is 2. The molecule has 1 rings (SSSR count). The van der Waals surface area contributed by atoms with Crippen LogP contribution in [0, 0.1) is 0 Å². The summed E-state index contributed by atoms with van der Waals surface area (Å²) in [5.41, 5.74) is 0.831. The van der Waals surface area contributed by atoms with Gasteiger partial charge in [-0.25, -0.2) is 0 Å². The van der Waals surface area contributed by atoms with Crippen LogP contribution in [0.3, 0.4) is 0 Å². The fourth-order valence-corrected chi connectivity index (χ4v) is 2.19. The van der Waals surface area contributed by atoms with Crippen molar-refractivity contribution in [2.45, 2.75) is 19.6 Å². The average molecular weight is 486 g/mol. The van der Waals surface area contributed by atoms with Crippen LogP contribution < -0.4 is 15.4 Å². The molecule has 0 aliphatic heterocycles. The van der Waals surface area contributed by atoms with Gasteiger partial charge in [0.05, 0.1) is 0 Å². The van der Waals surface area contributed by atoms with Crippen molar-refractivity contribution in [3.63, 3.8) is 0 Å². The molecular weight excluding hydrogens is 457 g/mol. The first-order valence-corrected chi connectivity index (χ1v) is 8.21. The van der Waals surface area contributed by atoms with Gasteiger partial charge < -0.3 is 25.0 Å². The minimum absolute atomic E-state index is 0. The van der Waals surface area contributed by atoms with Crippen molar-refractivity contribution in [1.82, 2.24) is 15.5 Å². The number of nitrogens with zero attached hydrogens (tertiary/aromatic N) is 2. The maximum absolute atomic E-state index is 12.2. The highest BCUT2D eigenvalue weighted by Gasteiger charge is 2.05. The third-order valence-corrected chi connectivity index (χ3v) is 3.48. The number of likely N-dealkylation sites (N-methyl/N-ethyl adjacent to an activating group) is 1. The van der Waals surface area contributed by atoms with Crippen molar-refractivity contribution < 1.29 is 18.3 Å². The highest BCUT2D eigenvalue weighted by atomic mass is 127. The van der Waals surface area contributed by atoms with Gasteiger partial charge in [0.2, 0.25) is 0 Å². The lowest BCUT2D eigenvalue weighted by molar-refractivity contribution is -0.0498. The molecule has 0 aliphatic rings. The number of halogens is 3. The van der Waals surface area contributed by atoms with Gasteiger partial charge in [0.1, 0.15) is 5.75 Å². The maximum Gasteiger partial charge on any atom is 0.387 e. The number of hydrogen-bond acceptors (Lipinski definition) is 4. The lowest BCUT2D eigenvalue weighted by atomic mass is 10.2. The predicted octanol–water partition coefficient (Wildman–Crippen LogP) is 2.54. The maximum atomic E-state index is 12.2. The molecule has 0 unspecified atom stereocenters. The van der Waals surface area contributed by atoms with Crippen LogP contribution in [0.25, 0.3) is 0 Å². The second-order valence-electron chi connectivity index (χ2n) is 5.53. The molecular formula is C17H29F2IN4O2. The third kappa shape index (κ3) is 11.4. The lowest BCUT2D eigenvalue weighted by Gasteiger charge is -2.18. The summed E-state index contributed by atoms with van der Waals surface area (Å²) in [4.78, 5) is 6.36. The normalized spacial score (nSPS) is 11.4. The largest absolute Gasteiger partial charge is 0.435 e. The molecule has 0 bridgehead atoms. The Balaban J connectivity index is 0.00000625. The molecule has 0 saturated heterocycles. The van der Waals surface area contributed by atoms with E-state index in [2.05, 4.69) is 32.3 Å². The molecule has 0 heterocycles. The zero-order chi connectivity index (χ0) is 18.5. The van der Waals surface area contributed by atoms with Gasteiger partial charge in [-0.1, -0.05) is 12.1 Å². The molecule has 2 N–H and O–H groups in total. The number of hydrogen-bond donors (Lipinski definition) is 2. The molecule has 0 saturated carbocycles. The Labute approximate surface area is 171 Å². The first-order chi connectivity index (χ1) is 12.0. The van der Waals surface area contributed by atoms with Crippen LogP contribution in [-0.2, 0) is 11.3 Å². The standard InChI is InChI=1S/C17H28F2N4O2.HI/c1-20-17(21-8-10-23(2)9-5-11-24-3)22-13-14-6-4-7-15(12-14)25-16(18)19;/h4,6-7,12,16H,5,8-11,13H2,1-3H3,(H2,20,21,22);1H. The van der Waals surface area contributed by atoms with Gasteiger partial charge in [0.15, 0.2) is 5.96 Å². The van der Waals surface area contributed by atoms with E-state index in [9.17, 15) is 8.78 Å². The molecule has 0 spiro atoms. The summed E-state index contributed by atoms with van der Waals surface area (Å²) in [5, 5.41) is 6.37. The molecule has 0 amide bonds. The Morgan fingerprint density at radius 1 is 1.27 bits per heavy atom. The molecule has 0 atom stereocenters. The molecule has 0 aliphatic carbocycles. The van der Waals surface area contributed by atoms with Crippen molar-refractivity contribution in [3.05, 3.63) is 29.8 Å². The topological polar surface area (TPSA) is 58.1 Å². The van der Waals surface area contributed by atoms with E-state index in [1.165, 1.54) is 6.07 Å². The second-order valence-corrected chi connectivity index (χ2v) is 5.53. The van der Waals surface area contributed by atoms with Crippen molar-refractivity contribution in [1.29, 1.82) is 0 Å². The van der Waals surface area contributed by atoms with Crippen LogP contribution in [0.1, 0.15) is 12.0 Å². The molecule has 150 valence electrons. The van der Waals surface area contributed by atoms with E-state index in [1.54, 1.807) is 26.3 Å². The van der Waals surface area contributed by atoms with E-state index >= 15 is 0 Å². The first-order valence-electron chi connectivity index (χ1n) is 8.21. The molecule has 6 nitrogen and oxygen atoms in total. The van der Waals surface area contributed by atoms with E-state index in [-0.39, 0.29) is 29.7 Å². The van der Waals surface area contributed by atoms with Gasteiger partial charge in [-0.15, -0.1) is 24.0 Å². The van der Waals surface area contributed by atoms with Crippen molar-refractivity contribution >= 4 is 29.9 Å². The van der Waals surface area contributed by atoms with Gasteiger partial charge in [0, 0.05) is 46.9 Å². The fraction of sp³-hybridized carbons (Fsp3) is 0.588. The van der Waals surface area contributed by atoms with Gasteiger partial charge in [-0.05, 0) is 31.2 Å². The quantitative estimate of drug-likeness (QED) is 0.218. The summed E-state index contributed by atoms with van der Waals surface area (Å²) in [6.45, 7) is 0.996. The molecule has 26 heavy (non-hydrogen) atoms. The highest BCUT2D eigenvalue weighted by Crippen LogP contribution is 2.15. The number of guanidine groups is 1. The molecule has 0 fully saturated rings. The summed E-state index contributed by atoms with van der Waals surface area (Å²) in [6, 6.07) is 6.60. The number of rotatable bonds is 11. The van der Waals surface area contributed by atoms with Crippen molar-refractivity contribution in [3.8, 4) is 5.75 Å². The van der Waals surface area contributed by atoms with Crippen LogP contribution >= 0.6 is 24.0 Å². The van der Waals surface area contributed by atoms with Crippen LogP contribution in [-0.4, -0.2) is 64.9 Å². The van der Waals surface area contributed by atoms with E-state index in [0.29, 0.717) is 12.5 Å². The fourth-order valence-electron chi connectivity index (χ4n) is 2.19. The Kier molecular flexibility index (Phi) is 14.2. The van der Waals surface area contributed by atoms with E-state index < -0.39 is 6.61 Å². The molecule has 1 aromatic rings. The average Bonchev–Trinajstić information content (AvgIpc) is 2.58. The number of alkyl halides is 2. The first kappa shape index (κ1) is 24.8. The summed E-state index contributed by atoms with van der Waals surface area (Å²) >= 11 is 0. The zero-order valence-electron chi connectivity index (χ0n) is 15.5. The smallest absolute Gasteiger partial charge is 0.387 e. The molecule has 9 heteroatoms. The van der Waals surface area contributed by atoms with Crippen LogP contribution in [0.2, 0.25) is 0 Å². The SMILES string of the molecule is CN=C(NCCN(C)CCCOC)NCc1cccc(OC(F)F)c1.I. The summed E-state index contributed by atoms with van der Waals surface area (Å²) in [7, 11) is 5.45. The minimum atomic E-state index is -2.82. The van der Waals surface area contributed by atoms with Crippen molar-refractivity contribution in [2.75, 3.05) is 47.4 Å². The molecule has 1 aromatic carbocycles. The zero-order valence-corrected chi connectivity index (χ0v) is 17.8. The van der Waals surface area contributed by atoms with Gasteiger partial charge in [-0.3, -0.25) is 4.99 Å². The van der Waals surface area contributed by atoms with Gasteiger partial charge >= 0.3 is 6.61 Å². The number of benzene rings is 1. The Hall–Kier alpha value is -1.20. The van der Waals surface area contributed by atoms with Crippen LogP contribution in [0.15, 0.2) is 29.3 Å². The van der Waals surface area contributed by atoms with Gasteiger partial charge in [-0.2, -0.15) is 8.78 Å². The molecule has 0 aromatic heterocycles. The van der Waals surface area contributed by atoms with E-state index in [1.807, 2.05) is 6.07 Å². The molecule has 0 radical (unpaired) electrons. The van der Waals surface area contributed by atoms with Gasteiger partial charge in [0.25, 0.3) is 0 Å². The Morgan fingerprint density at radius 3 is 2.69 bits per heavy atom. The minimum Gasteiger partial charge on any atom is -0.435 e. The Morgan fingerprint density at radius 2 is 2.04 bits per heavy atom. The van der Waals surface area contributed by atoms with E-state index in [0.717, 1.165) is 38.2 Å².